The van der Waals surface area contributed by atoms with Crippen LogP contribution in [-0.2, 0) is 19.2 Å². The van der Waals surface area contributed by atoms with Crippen LogP contribution in [0.4, 0.5) is 0 Å². The van der Waals surface area contributed by atoms with Gasteiger partial charge in [-0.15, -0.1) is 0 Å². The average Bonchev–Trinajstić information content (AvgIpc) is 2.51. The summed E-state index contributed by atoms with van der Waals surface area (Å²) in [6.45, 7) is 2.98. The Morgan fingerprint density at radius 2 is 1.89 bits per heavy atom. The van der Waals surface area contributed by atoms with E-state index < -0.39 is 5.25 Å². The minimum Gasteiger partial charge on any atom is -0.392 e. The van der Waals surface area contributed by atoms with Crippen molar-refractivity contribution >= 4 is 49.5 Å². The molecule has 1 heterocycles. The normalized spacial score (nSPS) is 18.6. The van der Waals surface area contributed by atoms with Gasteiger partial charge in [-0.05, 0) is 0 Å². The summed E-state index contributed by atoms with van der Waals surface area (Å²) in [5.74, 6) is -1.13. The molecule has 2 N–H and O–H groups in total. The molecular weight excluding hydrogens is 256 g/mol. The lowest BCUT2D eigenvalue weighted by molar-refractivity contribution is -0.132. The second kappa shape index (κ2) is 6.48. The summed E-state index contributed by atoms with van der Waals surface area (Å²) in [6, 6.07) is 0. The highest BCUT2D eigenvalue weighted by molar-refractivity contribution is 8.23. The number of carbonyl (C=O) groups is 4. The Morgan fingerprint density at radius 3 is 2.44 bits per heavy atom. The van der Waals surface area contributed by atoms with E-state index >= 15 is 0 Å². The van der Waals surface area contributed by atoms with Crippen LogP contribution in [0.25, 0.3) is 0 Å². The van der Waals surface area contributed by atoms with Gasteiger partial charge in [0, 0.05) is 20.3 Å². The molecule has 0 aliphatic carbocycles. The van der Waals surface area contributed by atoms with Crippen molar-refractivity contribution in [3.63, 3.8) is 0 Å². The lowest BCUT2D eigenvalue weighted by atomic mass is 10.1. The highest BCUT2D eigenvalue weighted by Crippen LogP contribution is 2.22. The van der Waals surface area contributed by atoms with Crippen LogP contribution in [0.1, 0.15) is 20.3 Å². The Balaban J connectivity index is 2.45. The Hall–Kier alpha value is -1.44. The van der Waals surface area contributed by atoms with Crippen LogP contribution in [0.15, 0.2) is 0 Å². The highest BCUT2D eigenvalue weighted by Gasteiger charge is 2.38. The van der Waals surface area contributed by atoms with E-state index in [0.717, 1.165) is 4.81 Å². The molecule has 4 amide bonds. The molecule has 0 aromatic rings. The van der Waals surface area contributed by atoms with Gasteiger partial charge in [0.25, 0.3) is 0 Å². The summed E-state index contributed by atoms with van der Waals surface area (Å²) in [5, 5.41) is 4.47. The van der Waals surface area contributed by atoms with Gasteiger partial charge in [-0.25, -0.2) is 0 Å². The maximum absolute atomic E-state index is 11.8. The molecule has 18 heavy (non-hydrogen) atoms. The Bertz CT molecular complexity index is 393. The van der Waals surface area contributed by atoms with Gasteiger partial charge in [0.15, 0.2) is 0 Å². The number of hydrogen-bond donors (Lipinski definition) is 2. The van der Waals surface area contributed by atoms with Gasteiger partial charge >= 0.3 is 14.2 Å². The molecule has 1 saturated heterocycles. The maximum Gasteiger partial charge on any atom is 0.366 e. The van der Waals surface area contributed by atoms with Crippen LogP contribution >= 0.6 is 11.6 Å². The maximum atomic E-state index is 11.8. The Kier molecular flexibility index (Phi) is 5.26. The fourth-order valence-electron chi connectivity index (χ4n) is 1.38. The SMILES string of the molecule is CC(=O)NBSC1CC(=O)N(BNC(C)=O)C1=O. The molecule has 10 heteroatoms. The number of nitrogens with zero attached hydrogens (tertiary/aromatic N) is 1. The minimum absolute atomic E-state index is 0.0931. The number of rotatable bonds is 5. The molecule has 1 rings (SSSR count). The largest absolute Gasteiger partial charge is 0.392 e. The summed E-state index contributed by atoms with van der Waals surface area (Å²) in [4.78, 5) is 45.8. The summed E-state index contributed by atoms with van der Waals surface area (Å²) >= 11 is 1.21. The smallest absolute Gasteiger partial charge is 0.366 e. The molecule has 1 aliphatic heterocycles. The molecule has 0 bridgehead atoms. The van der Waals surface area contributed by atoms with E-state index in [9.17, 15) is 19.2 Å². The third kappa shape index (κ3) is 4.10. The van der Waals surface area contributed by atoms with E-state index in [1.165, 1.54) is 25.5 Å². The molecule has 0 saturated carbocycles. The third-order valence-corrected chi connectivity index (χ3v) is 3.38. The molecule has 0 aromatic heterocycles. The second-order valence-electron chi connectivity index (χ2n) is 3.79. The van der Waals surface area contributed by atoms with E-state index in [1.807, 2.05) is 0 Å². The van der Waals surface area contributed by atoms with Crippen molar-refractivity contribution in [1.82, 2.24) is 15.3 Å². The van der Waals surface area contributed by atoms with Crippen LogP contribution in [0, 0.1) is 0 Å². The molecule has 96 valence electrons. The van der Waals surface area contributed by atoms with E-state index in [2.05, 4.69) is 10.5 Å². The lowest BCUT2D eigenvalue weighted by Crippen LogP contribution is -2.44. The Morgan fingerprint density at radius 1 is 1.28 bits per heavy atom. The first-order chi connectivity index (χ1) is 8.41. The molecule has 1 fully saturated rings. The molecule has 0 radical (unpaired) electrons. The van der Waals surface area contributed by atoms with Crippen LogP contribution in [0.2, 0.25) is 0 Å². The van der Waals surface area contributed by atoms with Crippen LogP contribution < -0.4 is 10.5 Å². The number of amides is 4. The van der Waals surface area contributed by atoms with E-state index in [1.54, 1.807) is 0 Å². The first-order valence-corrected chi connectivity index (χ1v) is 6.41. The molecule has 0 aromatic carbocycles. The van der Waals surface area contributed by atoms with Crippen molar-refractivity contribution in [3.05, 3.63) is 0 Å². The molecule has 1 aliphatic rings. The average molecular weight is 269 g/mol. The third-order valence-electron chi connectivity index (χ3n) is 2.29. The summed E-state index contributed by atoms with van der Waals surface area (Å²) < 4.78 is 0. The minimum atomic E-state index is -0.488. The summed E-state index contributed by atoms with van der Waals surface area (Å²) in [6.07, 6.45) is 0.0999. The van der Waals surface area contributed by atoms with Gasteiger partial charge in [0.1, 0.15) is 0 Å². The molecule has 1 unspecified atom stereocenters. The van der Waals surface area contributed by atoms with Crippen LogP contribution in [0.5, 0.6) is 0 Å². The number of hydrogen-bond acceptors (Lipinski definition) is 5. The van der Waals surface area contributed by atoms with Crippen molar-refractivity contribution in [3.8, 4) is 0 Å². The number of carbonyl (C=O) groups excluding carboxylic acids is 4. The fourth-order valence-corrected chi connectivity index (χ4v) is 2.40. The zero-order valence-corrected chi connectivity index (χ0v) is 11.0. The lowest BCUT2D eigenvalue weighted by Gasteiger charge is -2.13. The van der Waals surface area contributed by atoms with Crippen LogP contribution in [0.3, 0.4) is 0 Å². The van der Waals surface area contributed by atoms with Gasteiger partial charge < -0.3 is 15.3 Å². The zero-order valence-electron chi connectivity index (χ0n) is 10.2. The van der Waals surface area contributed by atoms with Gasteiger partial charge in [-0.2, -0.15) is 11.6 Å². The second-order valence-corrected chi connectivity index (χ2v) is 4.98. The van der Waals surface area contributed by atoms with Crippen molar-refractivity contribution < 1.29 is 19.2 Å². The molecular formula is C8H13B2N3O4S. The van der Waals surface area contributed by atoms with Gasteiger partial charge in [0.05, 0.1) is 5.25 Å². The summed E-state index contributed by atoms with van der Waals surface area (Å²) in [5.41, 5.74) is 0. The quantitative estimate of drug-likeness (QED) is 0.430. The van der Waals surface area contributed by atoms with Crippen molar-refractivity contribution in [2.24, 2.45) is 0 Å². The topological polar surface area (TPSA) is 95.6 Å². The molecule has 0 spiro atoms. The number of imide groups is 1. The van der Waals surface area contributed by atoms with E-state index in [-0.39, 0.29) is 44.3 Å². The zero-order chi connectivity index (χ0) is 13.7. The van der Waals surface area contributed by atoms with Crippen molar-refractivity contribution in [2.75, 3.05) is 0 Å². The van der Waals surface area contributed by atoms with Crippen LogP contribution in [-0.4, -0.2) is 47.9 Å². The monoisotopic (exact) mass is 269 g/mol. The molecule has 1 atom stereocenters. The number of nitrogens with one attached hydrogen (secondary N) is 2. The van der Waals surface area contributed by atoms with E-state index in [4.69, 9.17) is 0 Å². The Labute approximate surface area is 110 Å². The molecule has 7 nitrogen and oxygen atoms in total. The first-order valence-electron chi connectivity index (χ1n) is 5.36. The fraction of sp³-hybridized carbons (Fsp3) is 0.500. The van der Waals surface area contributed by atoms with Gasteiger partial charge in [0.2, 0.25) is 23.6 Å². The highest BCUT2D eigenvalue weighted by atomic mass is 32.2. The van der Waals surface area contributed by atoms with Crippen molar-refractivity contribution in [1.29, 1.82) is 0 Å². The van der Waals surface area contributed by atoms with E-state index in [0.29, 0.717) is 0 Å². The van der Waals surface area contributed by atoms with Crippen molar-refractivity contribution in [2.45, 2.75) is 25.5 Å². The predicted molar refractivity (Wildman–Crippen MR) is 69.8 cm³/mol. The summed E-state index contributed by atoms with van der Waals surface area (Å²) in [7, 11) is -0.0931. The van der Waals surface area contributed by atoms with Gasteiger partial charge in [-0.3, -0.25) is 19.2 Å². The standard InChI is InChI=1S/C8H13B2N3O4S/c1-4(14)11-9-13-7(16)3-6(8(13)17)18-10-12-5(2)15/h6,9-10H,3H2,1-2H3,(H,11,14)(H,12,15). The first kappa shape index (κ1) is 14.6. The van der Waals surface area contributed by atoms with Gasteiger partial charge in [-0.1, -0.05) is 0 Å². The predicted octanol–water partition coefficient (Wildman–Crippen LogP) is -2.35.